The van der Waals surface area contributed by atoms with E-state index in [4.69, 9.17) is 0 Å². The number of hydrogen-bond acceptors (Lipinski definition) is 3. The molecule has 0 radical (unpaired) electrons. The monoisotopic (exact) mass is 388 g/mol. The van der Waals surface area contributed by atoms with Crippen LogP contribution in [0.5, 0.6) is 0 Å². The summed E-state index contributed by atoms with van der Waals surface area (Å²) in [6.45, 7) is 3.08. The van der Waals surface area contributed by atoms with Gasteiger partial charge in [-0.3, -0.25) is 4.98 Å². The molecule has 0 bridgehead atoms. The molecule has 0 saturated heterocycles. The molecule has 2 aromatic heterocycles. The SMILES string of the molecule is CCNC(Cc1ccc(Br)cn1)c1ccc(Br)s1. The van der Waals surface area contributed by atoms with E-state index in [1.807, 2.05) is 12.3 Å². The van der Waals surface area contributed by atoms with E-state index in [0.717, 1.165) is 23.1 Å². The van der Waals surface area contributed by atoms with Gasteiger partial charge in [-0.15, -0.1) is 11.3 Å². The van der Waals surface area contributed by atoms with Crippen molar-refractivity contribution >= 4 is 43.2 Å². The summed E-state index contributed by atoms with van der Waals surface area (Å²) in [5.74, 6) is 0. The van der Waals surface area contributed by atoms with E-state index in [1.165, 1.54) is 8.66 Å². The van der Waals surface area contributed by atoms with Crippen LogP contribution in [0.1, 0.15) is 23.5 Å². The van der Waals surface area contributed by atoms with E-state index in [0.29, 0.717) is 6.04 Å². The molecule has 0 aliphatic heterocycles. The third kappa shape index (κ3) is 3.88. The molecule has 0 fully saturated rings. The second kappa shape index (κ2) is 6.80. The van der Waals surface area contributed by atoms with Crippen LogP contribution in [0.25, 0.3) is 0 Å². The summed E-state index contributed by atoms with van der Waals surface area (Å²) < 4.78 is 2.19. The number of aromatic nitrogens is 1. The number of hydrogen-bond donors (Lipinski definition) is 1. The van der Waals surface area contributed by atoms with Gasteiger partial charge in [0.05, 0.1) is 3.79 Å². The third-order valence-electron chi connectivity index (χ3n) is 2.59. The number of likely N-dealkylation sites (N-methyl/N-ethyl adjacent to an activating group) is 1. The van der Waals surface area contributed by atoms with Crippen LogP contribution >= 0.6 is 43.2 Å². The molecule has 1 atom stereocenters. The number of pyridine rings is 1. The lowest BCUT2D eigenvalue weighted by atomic mass is 10.1. The van der Waals surface area contributed by atoms with Crippen molar-refractivity contribution in [2.75, 3.05) is 6.54 Å². The first-order valence-electron chi connectivity index (χ1n) is 5.78. The molecule has 2 nitrogen and oxygen atoms in total. The first kappa shape index (κ1) is 14.2. The molecule has 96 valence electrons. The van der Waals surface area contributed by atoms with Crippen LogP contribution in [0.3, 0.4) is 0 Å². The van der Waals surface area contributed by atoms with Crippen molar-refractivity contribution in [2.45, 2.75) is 19.4 Å². The summed E-state index contributed by atoms with van der Waals surface area (Å²) in [7, 11) is 0. The Morgan fingerprint density at radius 1 is 1.28 bits per heavy atom. The Morgan fingerprint density at radius 2 is 2.11 bits per heavy atom. The second-order valence-corrected chi connectivity index (χ2v) is 7.33. The highest BCUT2D eigenvalue weighted by molar-refractivity contribution is 9.11. The molecule has 2 rings (SSSR count). The quantitative estimate of drug-likeness (QED) is 0.810. The number of rotatable bonds is 5. The maximum atomic E-state index is 4.44. The van der Waals surface area contributed by atoms with Crippen LogP contribution in [0, 0.1) is 0 Å². The highest BCUT2D eigenvalue weighted by Gasteiger charge is 2.13. The zero-order valence-corrected chi connectivity index (χ0v) is 14.0. The van der Waals surface area contributed by atoms with E-state index in [9.17, 15) is 0 Å². The second-order valence-electron chi connectivity index (χ2n) is 3.92. The van der Waals surface area contributed by atoms with Crippen LogP contribution < -0.4 is 5.32 Å². The molecule has 1 unspecified atom stereocenters. The number of halogens is 2. The van der Waals surface area contributed by atoms with E-state index < -0.39 is 0 Å². The van der Waals surface area contributed by atoms with Crippen molar-refractivity contribution in [3.8, 4) is 0 Å². The topological polar surface area (TPSA) is 24.9 Å². The van der Waals surface area contributed by atoms with Crippen molar-refractivity contribution in [3.05, 3.63) is 49.3 Å². The Kier molecular flexibility index (Phi) is 5.36. The minimum atomic E-state index is 0.333. The van der Waals surface area contributed by atoms with Gasteiger partial charge in [-0.25, -0.2) is 0 Å². The Bertz CT molecular complexity index is 496. The highest BCUT2D eigenvalue weighted by Crippen LogP contribution is 2.29. The van der Waals surface area contributed by atoms with Crippen molar-refractivity contribution in [2.24, 2.45) is 0 Å². The number of nitrogens with zero attached hydrogens (tertiary/aromatic N) is 1. The summed E-state index contributed by atoms with van der Waals surface area (Å²) in [6.07, 6.45) is 2.76. The van der Waals surface area contributed by atoms with Gasteiger partial charge in [-0.05, 0) is 62.7 Å². The minimum Gasteiger partial charge on any atom is -0.309 e. The summed E-state index contributed by atoms with van der Waals surface area (Å²) in [5, 5.41) is 3.51. The van der Waals surface area contributed by atoms with Gasteiger partial charge < -0.3 is 5.32 Å². The Labute approximate surface area is 128 Å². The normalized spacial score (nSPS) is 12.6. The Balaban J connectivity index is 2.13. The average molecular weight is 390 g/mol. The van der Waals surface area contributed by atoms with Crippen LogP contribution in [0.15, 0.2) is 38.7 Å². The summed E-state index contributed by atoms with van der Waals surface area (Å²) in [5.41, 5.74) is 1.11. The van der Waals surface area contributed by atoms with Crippen LogP contribution in [-0.2, 0) is 6.42 Å². The van der Waals surface area contributed by atoms with Gasteiger partial charge in [0.15, 0.2) is 0 Å². The fourth-order valence-corrected chi connectivity index (χ4v) is 3.51. The molecule has 0 saturated carbocycles. The molecule has 0 aliphatic rings. The molecule has 1 N–H and O–H groups in total. The minimum absolute atomic E-state index is 0.333. The lowest BCUT2D eigenvalue weighted by Crippen LogP contribution is -2.22. The molecule has 5 heteroatoms. The maximum Gasteiger partial charge on any atom is 0.0701 e. The van der Waals surface area contributed by atoms with E-state index in [1.54, 1.807) is 11.3 Å². The maximum absolute atomic E-state index is 4.44. The number of thiophene rings is 1. The third-order valence-corrected chi connectivity index (χ3v) is 4.80. The van der Waals surface area contributed by atoms with Gasteiger partial charge >= 0.3 is 0 Å². The van der Waals surface area contributed by atoms with E-state index in [-0.39, 0.29) is 0 Å². The largest absolute Gasteiger partial charge is 0.309 e. The predicted octanol–water partition coefficient (Wildman–Crippen LogP) is 4.56. The fraction of sp³-hybridized carbons (Fsp3) is 0.308. The predicted molar refractivity (Wildman–Crippen MR) is 84.1 cm³/mol. The molecular formula is C13H14Br2N2S. The van der Waals surface area contributed by atoms with Crippen molar-refractivity contribution in [3.63, 3.8) is 0 Å². The van der Waals surface area contributed by atoms with Gasteiger partial charge in [0.25, 0.3) is 0 Å². The lowest BCUT2D eigenvalue weighted by Gasteiger charge is -2.15. The summed E-state index contributed by atoms with van der Waals surface area (Å²) in [4.78, 5) is 5.78. The molecule has 0 spiro atoms. The fourth-order valence-electron chi connectivity index (χ4n) is 1.77. The molecule has 0 amide bonds. The van der Waals surface area contributed by atoms with Crippen LogP contribution in [0.4, 0.5) is 0 Å². The number of nitrogens with one attached hydrogen (secondary N) is 1. The molecule has 0 aliphatic carbocycles. The molecule has 18 heavy (non-hydrogen) atoms. The van der Waals surface area contributed by atoms with Gasteiger partial charge in [0, 0.05) is 33.7 Å². The molecular weight excluding hydrogens is 376 g/mol. The van der Waals surface area contributed by atoms with E-state index >= 15 is 0 Å². The first-order chi connectivity index (χ1) is 8.69. The standard InChI is InChI=1S/C13H14Br2N2S/c1-2-16-11(12-5-6-13(15)18-12)7-10-4-3-9(14)8-17-10/h3-6,8,11,16H,2,7H2,1H3. The zero-order valence-electron chi connectivity index (χ0n) is 9.99. The first-order valence-corrected chi connectivity index (χ1v) is 8.18. The Morgan fingerprint density at radius 3 is 2.67 bits per heavy atom. The van der Waals surface area contributed by atoms with Crippen LogP contribution in [-0.4, -0.2) is 11.5 Å². The van der Waals surface area contributed by atoms with E-state index in [2.05, 4.69) is 67.3 Å². The smallest absolute Gasteiger partial charge is 0.0701 e. The molecule has 0 aromatic carbocycles. The highest BCUT2D eigenvalue weighted by atomic mass is 79.9. The summed E-state index contributed by atoms with van der Waals surface area (Å²) in [6, 6.07) is 8.70. The summed E-state index contributed by atoms with van der Waals surface area (Å²) >= 11 is 8.70. The average Bonchev–Trinajstić information content (AvgIpc) is 2.78. The van der Waals surface area contributed by atoms with Crippen molar-refractivity contribution < 1.29 is 0 Å². The Hall–Kier alpha value is -0.230. The van der Waals surface area contributed by atoms with Gasteiger partial charge in [-0.1, -0.05) is 6.92 Å². The van der Waals surface area contributed by atoms with Gasteiger partial charge in [-0.2, -0.15) is 0 Å². The molecule has 2 aromatic rings. The lowest BCUT2D eigenvalue weighted by molar-refractivity contribution is 0.552. The van der Waals surface area contributed by atoms with Gasteiger partial charge in [0.1, 0.15) is 0 Å². The zero-order chi connectivity index (χ0) is 13.0. The van der Waals surface area contributed by atoms with Crippen molar-refractivity contribution in [1.82, 2.24) is 10.3 Å². The van der Waals surface area contributed by atoms with Crippen molar-refractivity contribution in [1.29, 1.82) is 0 Å². The van der Waals surface area contributed by atoms with Gasteiger partial charge in [0.2, 0.25) is 0 Å². The molecule has 2 heterocycles. The van der Waals surface area contributed by atoms with Crippen LogP contribution in [0.2, 0.25) is 0 Å².